The maximum atomic E-state index is 11.1. The minimum Gasteiger partial charge on any atom is -0.379 e. The average molecular weight is 182 g/mol. The molecule has 1 aliphatic rings. The molecule has 0 radical (unpaired) electrons. The number of rotatable bonds is 3. The molecule has 0 aromatic carbocycles. The molecule has 13 heavy (non-hydrogen) atoms. The zero-order valence-electron chi connectivity index (χ0n) is 7.75. The van der Waals surface area contributed by atoms with Crippen LogP contribution in [-0.4, -0.2) is 25.2 Å². The van der Waals surface area contributed by atoms with Crippen molar-refractivity contribution in [3.8, 4) is 6.07 Å². The molecule has 0 aromatic rings. The van der Waals surface area contributed by atoms with Crippen LogP contribution in [0.15, 0.2) is 0 Å². The van der Waals surface area contributed by atoms with E-state index < -0.39 is 0 Å². The number of nitrogens with one attached hydrogen (secondary N) is 1. The molecule has 0 aliphatic carbocycles. The van der Waals surface area contributed by atoms with Crippen LogP contribution in [0.2, 0.25) is 0 Å². The van der Waals surface area contributed by atoms with Crippen molar-refractivity contribution in [1.29, 1.82) is 5.26 Å². The van der Waals surface area contributed by atoms with E-state index in [1.807, 2.05) is 6.07 Å². The van der Waals surface area contributed by atoms with Crippen molar-refractivity contribution in [3.63, 3.8) is 0 Å². The Morgan fingerprint density at radius 1 is 1.69 bits per heavy atom. The molecular formula is C9H14N2O2. The largest absolute Gasteiger partial charge is 0.379 e. The first-order chi connectivity index (χ1) is 6.27. The maximum Gasteiger partial charge on any atom is 0.234 e. The fraction of sp³-hybridized carbons (Fsp3) is 0.778. The SMILES string of the molecule is CCC1COCC1NC(=O)CC#N. The average Bonchev–Trinajstić information content (AvgIpc) is 2.52. The Morgan fingerprint density at radius 2 is 2.46 bits per heavy atom. The summed E-state index contributed by atoms with van der Waals surface area (Å²) < 4.78 is 5.24. The number of nitrogens with zero attached hydrogens (tertiary/aromatic N) is 1. The van der Waals surface area contributed by atoms with Crippen molar-refractivity contribution in [2.24, 2.45) is 5.92 Å². The summed E-state index contributed by atoms with van der Waals surface area (Å²) in [6.45, 7) is 3.37. The smallest absolute Gasteiger partial charge is 0.234 e. The third kappa shape index (κ3) is 2.71. The second-order valence-electron chi connectivity index (χ2n) is 3.21. The van der Waals surface area contributed by atoms with Crippen molar-refractivity contribution in [2.75, 3.05) is 13.2 Å². The standard InChI is InChI=1S/C9H14N2O2/c1-2-7-5-13-6-8(7)11-9(12)3-4-10/h7-8H,2-3,5-6H2,1H3,(H,11,12). The first-order valence-corrected chi connectivity index (χ1v) is 4.52. The van der Waals surface area contributed by atoms with Crippen molar-refractivity contribution in [3.05, 3.63) is 0 Å². The molecular weight excluding hydrogens is 168 g/mol. The molecule has 1 rings (SSSR count). The third-order valence-electron chi connectivity index (χ3n) is 2.31. The summed E-state index contributed by atoms with van der Waals surface area (Å²) in [5, 5.41) is 11.1. The van der Waals surface area contributed by atoms with E-state index in [9.17, 15) is 4.79 Å². The van der Waals surface area contributed by atoms with Gasteiger partial charge >= 0.3 is 0 Å². The van der Waals surface area contributed by atoms with Gasteiger partial charge in [-0.05, 0) is 6.42 Å². The lowest BCUT2D eigenvalue weighted by Crippen LogP contribution is -2.39. The van der Waals surface area contributed by atoms with Gasteiger partial charge in [-0.25, -0.2) is 0 Å². The molecule has 1 heterocycles. The first kappa shape index (κ1) is 10.0. The van der Waals surface area contributed by atoms with E-state index >= 15 is 0 Å². The van der Waals surface area contributed by atoms with E-state index in [2.05, 4.69) is 12.2 Å². The molecule has 0 aromatic heterocycles. The number of carbonyl (C=O) groups excluding carboxylic acids is 1. The van der Waals surface area contributed by atoms with Crippen LogP contribution in [0.25, 0.3) is 0 Å². The van der Waals surface area contributed by atoms with Gasteiger partial charge in [0.25, 0.3) is 0 Å². The van der Waals surface area contributed by atoms with Crippen LogP contribution < -0.4 is 5.32 Å². The van der Waals surface area contributed by atoms with Gasteiger partial charge in [0.15, 0.2) is 0 Å². The molecule has 1 fully saturated rings. The lowest BCUT2D eigenvalue weighted by Gasteiger charge is -2.16. The van der Waals surface area contributed by atoms with Gasteiger partial charge in [-0.1, -0.05) is 6.92 Å². The number of hydrogen-bond acceptors (Lipinski definition) is 3. The summed E-state index contributed by atoms with van der Waals surface area (Å²) in [6, 6.07) is 1.92. The molecule has 2 unspecified atom stereocenters. The quantitative estimate of drug-likeness (QED) is 0.689. The van der Waals surface area contributed by atoms with Crippen molar-refractivity contribution >= 4 is 5.91 Å². The Hall–Kier alpha value is -1.08. The van der Waals surface area contributed by atoms with E-state index in [-0.39, 0.29) is 18.4 Å². The van der Waals surface area contributed by atoms with Crippen molar-refractivity contribution < 1.29 is 9.53 Å². The van der Waals surface area contributed by atoms with Crippen LogP contribution in [0.1, 0.15) is 19.8 Å². The van der Waals surface area contributed by atoms with Gasteiger partial charge < -0.3 is 10.1 Å². The summed E-state index contributed by atoms with van der Waals surface area (Å²) in [5.74, 6) is 0.207. The minimum atomic E-state index is -0.198. The number of hydrogen-bond donors (Lipinski definition) is 1. The van der Waals surface area contributed by atoms with Crippen LogP contribution in [0.4, 0.5) is 0 Å². The van der Waals surface area contributed by atoms with E-state index in [1.54, 1.807) is 0 Å². The molecule has 0 saturated carbocycles. The van der Waals surface area contributed by atoms with Gasteiger partial charge in [-0.3, -0.25) is 4.79 Å². The molecule has 4 nitrogen and oxygen atoms in total. The molecule has 0 bridgehead atoms. The molecule has 0 spiro atoms. The zero-order valence-corrected chi connectivity index (χ0v) is 7.75. The summed E-state index contributed by atoms with van der Waals surface area (Å²) >= 11 is 0. The molecule has 72 valence electrons. The highest BCUT2D eigenvalue weighted by molar-refractivity contribution is 5.78. The molecule has 1 N–H and O–H groups in total. The van der Waals surface area contributed by atoms with Gasteiger partial charge in [-0.2, -0.15) is 5.26 Å². The summed E-state index contributed by atoms with van der Waals surface area (Å²) in [6.07, 6.45) is 0.935. The highest BCUT2D eigenvalue weighted by atomic mass is 16.5. The second kappa shape index (κ2) is 4.83. The first-order valence-electron chi connectivity index (χ1n) is 4.52. The van der Waals surface area contributed by atoms with Gasteiger partial charge in [0.2, 0.25) is 5.91 Å². The Labute approximate surface area is 77.9 Å². The fourth-order valence-electron chi connectivity index (χ4n) is 1.49. The van der Waals surface area contributed by atoms with E-state index in [1.165, 1.54) is 0 Å². The third-order valence-corrected chi connectivity index (χ3v) is 2.31. The fourth-order valence-corrected chi connectivity index (χ4v) is 1.49. The normalized spacial score (nSPS) is 26.8. The highest BCUT2D eigenvalue weighted by Gasteiger charge is 2.27. The topological polar surface area (TPSA) is 62.1 Å². The van der Waals surface area contributed by atoms with Gasteiger partial charge in [0.05, 0.1) is 25.3 Å². The Kier molecular flexibility index (Phi) is 3.71. The van der Waals surface area contributed by atoms with Crippen LogP contribution in [0.3, 0.4) is 0 Å². The summed E-state index contributed by atoms with van der Waals surface area (Å²) in [5.41, 5.74) is 0. The van der Waals surface area contributed by atoms with Crippen molar-refractivity contribution in [1.82, 2.24) is 5.32 Å². The molecule has 1 amide bonds. The lowest BCUT2D eigenvalue weighted by molar-refractivity contribution is -0.121. The predicted molar refractivity (Wildman–Crippen MR) is 46.8 cm³/mol. The zero-order chi connectivity index (χ0) is 9.68. The van der Waals surface area contributed by atoms with E-state index in [0.717, 1.165) is 6.42 Å². The van der Waals surface area contributed by atoms with E-state index in [4.69, 9.17) is 10.00 Å². The minimum absolute atomic E-state index is 0.0626. The monoisotopic (exact) mass is 182 g/mol. The van der Waals surface area contributed by atoms with Crippen LogP contribution in [0.5, 0.6) is 0 Å². The van der Waals surface area contributed by atoms with Gasteiger partial charge in [0, 0.05) is 5.92 Å². The summed E-state index contributed by atoms with van der Waals surface area (Å²) in [7, 11) is 0. The summed E-state index contributed by atoms with van der Waals surface area (Å²) in [4.78, 5) is 11.1. The highest BCUT2D eigenvalue weighted by Crippen LogP contribution is 2.16. The van der Waals surface area contributed by atoms with Crippen LogP contribution in [0, 0.1) is 17.2 Å². The molecule has 1 saturated heterocycles. The van der Waals surface area contributed by atoms with Crippen LogP contribution >= 0.6 is 0 Å². The second-order valence-corrected chi connectivity index (χ2v) is 3.21. The number of ether oxygens (including phenoxy) is 1. The van der Waals surface area contributed by atoms with Gasteiger partial charge in [0.1, 0.15) is 6.42 Å². The van der Waals surface area contributed by atoms with Crippen molar-refractivity contribution in [2.45, 2.75) is 25.8 Å². The lowest BCUT2D eigenvalue weighted by atomic mass is 10.0. The molecule has 1 aliphatic heterocycles. The Morgan fingerprint density at radius 3 is 3.08 bits per heavy atom. The maximum absolute atomic E-state index is 11.1. The van der Waals surface area contributed by atoms with Crippen LogP contribution in [-0.2, 0) is 9.53 Å². The number of amides is 1. The number of carbonyl (C=O) groups is 1. The number of nitriles is 1. The Bertz CT molecular complexity index is 222. The molecule has 2 atom stereocenters. The Balaban J connectivity index is 2.35. The van der Waals surface area contributed by atoms with Gasteiger partial charge in [-0.15, -0.1) is 0 Å². The van der Waals surface area contributed by atoms with E-state index in [0.29, 0.717) is 19.1 Å². The molecule has 4 heteroatoms. The predicted octanol–water partition coefficient (Wildman–Crippen LogP) is 0.441.